The molecule has 2 aliphatic heterocycles. The Morgan fingerprint density at radius 2 is 2.04 bits per heavy atom. The number of pyridine rings is 2. The third-order valence-electron chi connectivity index (χ3n) is 6.15. The zero-order chi connectivity index (χ0) is 19.3. The minimum atomic E-state index is -0.0421. The summed E-state index contributed by atoms with van der Waals surface area (Å²) in [6.07, 6.45) is 4.84. The molecule has 1 fully saturated rings. The van der Waals surface area contributed by atoms with Gasteiger partial charge in [0.2, 0.25) is 0 Å². The topological polar surface area (TPSA) is 50.2 Å². The van der Waals surface area contributed by atoms with E-state index >= 15 is 0 Å². The highest BCUT2D eigenvalue weighted by molar-refractivity contribution is 5.66. The Kier molecular flexibility index (Phi) is 4.05. The minimum absolute atomic E-state index is 0.0421. The summed E-state index contributed by atoms with van der Waals surface area (Å²) in [6.45, 7) is 4.10. The third-order valence-corrected chi connectivity index (χ3v) is 6.15. The van der Waals surface area contributed by atoms with Crippen LogP contribution in [0.4, 0.5) is 5.69 Å². The molecule has 0 aliphatic carbocycles. The number of aromatic nitrogens is 2. The van der Waals surface area contributed by atoms with Crippen LogP contribution in [-0.2, 0) is 0 Å². The SMILES string of the molecule is Cc1ccc(-c2ccn(-c3ccc4c(c3)N(C)C3CNCCC43)c(=O)c2)nc1. The number of hydrogen-bond acceptors (Lipinski definition) is 4. The smallest absolute Gasteiger partial charge is 0.255 e. The average molecular weight is 372 g/mol. The molecule has 2 aliphatic rings. The lowest BCUT2D eigenvalue weighted by molar-refractivity contribution is 0.413. The fourth-order valence-corrected chi connectivity index (χ4v) is 4.58. The molecule has 28 heavy (non-hydrogen) atoms. The normalized spacial score (nSPS) is 20.7. The van der Waals surface area contributed by atoms with Gasteiger partial charge in [-0.2, -0.15) is 0 Å². The Bertz CT molecular complexity index is 1090. The molecule has 1 aromatic carbocycles. The number of anilines is 1. The highest BCUT2D eigenvalue weighted by atomic mass is 16.1. The van der Waals surface area contributed by atoms with Crippen molar-refractivity contribution in [3.8, 4) is 16.9 Å². The number of likely N-dealkylation sites (N-methyl/N-ethyl adjacent to an activating group) is 1. The molecule has 0 radical (unpaired) electrons. The van der Waals surface area contributed by atoms with Crippen LogP contribution in [0.15, 0.2) is 59.7 Å². The van der Waals surface area contributed by atoms with Crippen molar-refractivity contribution in [1.29, 1.82) is 0 Å². The molecular formula is C23H24N4O. The summed E-state index contributed by atoms with van der Waals surface area (Å²) in [4.78, 5) is 19.6. The number of fused-ring (bicyclic) bond motifs is 3. The fraction of sp³-hybridized carbons (Fsp3) is 0.304. The predicted octanol–water partition coefficient (Wildman–Crippen LogP) is 3.10. The van der Waals surface area contributed by atoms with E-state index in [0.717, 1.165) is 35.6 Å². The van der Waals surface area contributed by atoms with E-state index in [9.17, 15) is 4.79 Å². The van der Waals surface area contributed by atoms with Gasteiger partial charge in [-0.25, -0.2) is 0 Å². The van der Waals surface area contributed by atoms with Crippen molar-refractivity contribution in [3.05, 3.63) is 76.3 Å². The van der Waals surface area contributed by atoms with Gasteiger partial charge in [-0.05, 0) is 55.3 Å². The van der Waals surface area contributed by atoms with Gasteiger partial charge in [-0.3, -0.25) is 14.3 Å². The van der Waals surface area contributed by atoms with Crippen LogP contribution < -0.4 is 15.8 Å². The molecule has 5 rings (SSSR count). The van der Waals surface area contributed by atoms with Gasteiger partial charge in [0.1, 0.15) is 0 Å². The third kappa shape index (κ3) is 2.74. The molecule has 1 N–H and O–H groups in total. The predicted molar refractivity (Wildman–Crippen MR) is 112 cm³/mol. The summed E-state index contributed by atoms with van der Waals surface area (Å²) in [7, 11) is 2.16. The van der Waals surface area contributed by atoms with Crippen LogP contribution in [0.5, 0.6) is 0 Å². The van der Waals surface area contributed by atoms with Gasteiger partial charge in [-0.15, -0.1) is 0 Å². The van der Waals surface area contributed by atoms with E-state index in [1.165, 1.54) is 17.7 Å². The maximum absolute atomic E-state index is 12.8. The van der Waals surface area contributed by atoms with E-state index < -0.39 is 0 Å². The van der Waals surface area contributed by atoms with Gasteiger partial charge in [-0.1, -0.05) is 12.1 Å². The van der Waals surface area contributed by atoms with Gasteiger partial charge in [0.15, 0.2) is 0 Å². The molecule has 2 unspecified atom stereocenters. The monoisotopic (exact) mass is 372 g/mol. The summed E-state index contributed by atoms with van der Waals surface area (Å²) in [5.74, 6) is 0.585. The molecule has 3 aromatic rings. The van der Waals surface area contributed by atoms with Gasteiger partial charge in [0.05, 0.1) is 11.4 Å². The van der Waals surface area contributed by atoms with Crippen molar-refractivity contribution >= 4 is 5.69 Å². The van der Waals surface area contributed by atoms with Gasteiger partial charge in [0, 0.05) is 55.3 Å². The first-order valence-corrected chi connectivity index (χ1v) is 9.85. The first-order valence-electron chi connectivity index (χ1n) is 9.85. The first kappa shape index (κ1) is 17.2. The molecule has 4 heterocycles. The number of nitrogens with one attached hydrogen (secondary N) is 1. The Morgan fingerprint density at radius 1 is 1.14 bits per heavy atom. The summed E-state index contributed by atoms with van der Waals surface area (Å²) in [6, 6.07) is 14.5. The Morgan fingerprint density at radius 3 is 2.82 bits per heavy atom. The number of benzene rings is 1. The van der Waals surface area contributed by atoms with Crippen LogP contribution in [-0.4, -0.2) is 35.7 Å². The maximum atomic E-state index is 12.8. The van der Waals surface area contributed by atoms with Crippen LogP contribution in [0.25, 0.3) is 16.9 Å². The molecule has 142 valence electrons. The van der Waals surface area contributed by atoms with E-state index in [2.05, 4.69) is 40.4 Å². The molecule has 0 bridgehead atoms. The molecule has 2 aromatic heterocycles. The number of hydrogen-bond donors (Lipinski definition) is 1. The van der Waals surface area contributed by atoms with Crippen LogP contribution in [0, 0.1) is 6.92 Å². The lowest BCUT2D eigenvalue weighted by atomic mass is 9.89. The van der Waals surface area contributed by atoms with Crippen molar-refractivity contribution in [2.45, 2.75) is 25.3 Å². The average Bonchev–Trinajstić information content (AvgIpc) is 3.01. The Labute approximate surface area is 164 Å². The second-order valence-corrected chi connectivity index (χ2v) is 7.87. The lowest BCUT2D eigenvalue weighted by Gasteiger charge is -2.31. The standard InChI is InChI=1S/C23H24N4O/c1-15-3-6-20(25-13-15)16-8-10-27(23(28)11-16)17-4-5-18-19-7-9-24-14-22(19)26(2)21(18)12-17/h3-6,8,10-13,19,22,24H,7,9,14H2,1-2H3. The molecule has 5 nitrogen and oxygen atoms in total. The quantitative estimate of drug-likeness (QED) is 0.751. The lowest BCUT2D eigenvalue weighted by Crippen LogP contribution is -2.44. The van der Waals surface area contributed by atoms with Gasteiger partial charge >= 0.3 is 0 Å². The molecular weight excluding hydrogens is 348 g/mol. The number of rotatable bonds is 2. The second kappa shape index (κ2) is 6.60. The molecule has 0 amide bonds. The van der Waals surface area contributed by atoms with E-state index in [-0.39, 0.29) is 5.56 Å². The number of piperidine rings is 1. The molecule has 2 atom stereocenters. The second-order valence-electron chi connectivity index (χ2n) is 7.87. The van der Waals surface area contributed by atoms with Crippen LogP contribution in [0.3, 0.4) is 0 Å². The zero-order valence-electron chi connectivity index (χ0n) is 16.2. The van der Waals surface area contributed by atoms with Crippen LogP contribution in [0.1, 0.15) is 23.5 Å². The van der Waals surface area contributed by atoms with Crippen LogP contribution >= 0.6 is 0 Å². The molecule has 0 spiro atoms. The highest BCUT2D eigenvalue weighted by Crippen LogP contribution is 2.43. The molecule has 1 saturated heterocycles. The van der Waals surface area contributed by atoms with Crippen molar-refractivity contribution in [1.82, 2.24) is 14.9 Å². The maximum Gasteiger partial charge on any atom is 0.255 e. The fourth-order valence-electron chi connectivity index (χ4n) is 4.58. The summed E-state index contributed by atoms with van der Waals surface area (Å²) in [5, 5.41) is 3.50. The molecule has 0 saturated carbocycles. The van der Waals surface area contributed by atoms with Gasteiger partial charge in [0.25, 0.3) is 5.56 Å². The highest BCUT2D eigenvalue weighted by Gasteiger charge is 2.37. The van der Waals surface area contributed by atoms with Crippen molar-refractivity contribution in [3.63, 3.8) is 0 Å². The van der Waals surface area contributed by atoms with E-state index in [4.69, 9.17) is 0 Å². The summed E-state index contributed by atoms with van der Waals surface area (Å²) < 4.78 is 1.71. The van der Waals surface area contributed by atoms with E-state index in [1.807, 2.05) is 37.5 Å². The summed E-state index contributed by atoms with van der Waals surface area (Å²) >= 11 is 0. The largest absolute Gasteiger partial charge is 0.369 e. The van der Waals surface area contributed by atoms with Crippen LogP contribution in [0.2, 0.25) is 0 Å². The molecule has 5 heteroatoms. The summed E-state index contributed by atoms with van der Waals surface area (Å²) in [5.41, 5.74) is 6.29. The van der Waals surface area contributed by atoms with Crippen molar-refractivity contribution < 1.29 is 0 Å². The first-order chi connectivity index (χ1) is 13.6. The minimum Gasteiger partial charge on any atom is -0.369 e. The number of aryl methyl sites for hydroxylation is 1. The van der Waals surface area contributed by atoms with Gasteiger partial charge < -0.3 is 10.2 Å². The van der Waals surface area contributed by atoms with E-state index in [0.29, 0.717) is 12.0 Å². The Hall–Kier alpha value is -2.92. The Balaban J connectivity index is 1.51. The zero-order valence-corrected chi connectivity index (χ0v) is 16.2. The van der Waals surface area contributed by atoms with E-state index in [1.54, 1.807) is 10.6 Å². The number of nitrogens with zero attached hydrogens (tertiary/aromatic N) is 3. The van der Waals surface area contributed by atoms with Crippen molar-refractivity contribution in [2.75, 3.05) is 25.0 Å². The van der Waals surface area contributed by atoms with Crippen molar-refractivity contribution in [2.24, 2.45) is 0 Å².